The summed E-state index contributed by atoms with van der Waals surface area (Å²) in [7, 11) is 2.06. The fourth-order valence-corrected chi connectivity index (χ4v) is 3.30. The van der Waals surface area contributed by atoms with Gasteiger partial charge in [-0.05, 0) is 19.2 Å². The van der Waals surface area contributed by atoms with Gasteiger partial charge in [0.25, 0.3) is 11.8 Å². The zero-order chi connectivity index (χ0) is 15.7. The molecule has 0 aliphatic carbocycles. The largest absolute Gasteiger partial charge is 0.364 e. The van der Waals surface area contributed by atoms with Gasteiger partial charge < -0.3 is 10.6 Å². The summed E-state index contributed by atoms with van der Waals surface area (Å²) in [6.07, 6.45) is 2.23. The molecule has 0 fully saturated rings. The molecule has 3 heterocycles. The van der Waals surface area contributed by atoms with E-state index >= 15 is 0 Å². The highest BCUT2D eigenvalue weighted by atomic mass is 32.1. The maximum atomic E-state index is 12.2. The van der Waals surface area contributed by atoms with Gasteiger partial charge in [-0.3, -0.25) is 19.9 Å². The number of likely N-dealkylation sites (N-methyl/N-ethyl adjacent to an activating group) is 1. The molecular formula is C14H15N5O2S. The van der Waals surface area contributed by atoms with Crippen LogP contribution in [0.25, 0.3) is 0 Å². The highest BCUT2D eigenvalue weighted by Crippen LogP contribution is 2.27. The van der Waals surface area contributed by atoms with Gasteiger partial charge in [0.1, 0.15) is 5.69 Å². The minimum Gasteiger partial charge on any atom is -0.364 e. The number of fused-ring (bicyclic) bond motifs is 1. The zero-order valence-corrected chi connectivity index (χ0v) is 12.8. The first kappa shape index (κ1) is 14.6. The topological polar surface area (TPSA) is 101 Å². The maximum absolute atomic E-state index is 12.2. The van der Waals surface area contributed by atoms with E-state index in [2.05, 4.69) is 27.2 Å². The summed E-state index contributed by atoms with van der Waals surface area (Å²) in [6.45, 7) is 1.83. The van der Waals surface area contributed by atoms with Gasteiger partial charge in [0.05, 0.1) is 11.3 Å². The fraction of sp³-hybridized carbons (Fsp3) is 0.286. The van der Waals surface area contributed by atoms with Crippen LogP contribution in [-0.2, 0) is 13.0 Å². The number of nitrogens with one attached hydrogen (secondary N) is 1. The molecule has 0 radical (unpaired) electrons. The third-order valence-electron chi connectivity index (χ3n) is 3.42. The van der Waals surface area contributed by atoms with E-state index in [1.165, 1.54) is 34.5 Å². The molecule has 2 aromatic rings. The first-order valence-corrected chi connectivity index (χ1v) is 7.59. The summed E-state index contributed by atoms with van der Waals surface area (Å²) < 4.78 is 0. The number of amides is 2. The Kier molecular flexibility index (Phi) is 3.86. The summed E-state index contributed by atoms with van der Waals surface area (Å²) in [5, 5.41) is 3.36. The lowest BCUT2D eigenvalue weighted by atomic mass is 10.2. The monoisotopic (exact) mass is 317 g/mol. The van der Waals surface area contributed by atoms with Crippen LogP contribution < -0.4 is 11.1 Å². The lowest BCUT2D eigenvalue weighted by Gasteiger charge is -2.20. The number of anilines is 1. The van der Waals surface area contributed by atoms with E-state index in [0.717, 1.165) is 25.2 Å². The Bertz CT molecular complexity index is 725. The maximum Gasteiger partial charge on any atom is 0.267 e. The van der Waals surface area contributed by atoms with Crippen LogP contribution in [0.15, 0.2) is 18.3 Å². The molecule has 0 saturated carbocycles. The van der Waals surface area contributed by atoms with Crippen LogP contribution in [-0.4, -0.2) is 40.3 Å². The van der Waals surface area contributed by atoms with Crippen LogP contribution in [0.3, 0.4) is 0 Å². The molecule has 114 valence electrons. The molecule has 22 heavy (non-hydrogen) atoms. The molecule has 0 unspecified atom stereocenters. The molecular weight excluding hydrogens is 302 g/mol. The first-order chi connectivity index (χ1) is 10.5. The van der Waals surface area contributed by atoms with Crippen LogP contribution in [0.2, 0.25) is 0 Å². The Morgan fingerprint density at radius 2 is 2.23 bits per heavy atom. The minimum absolute atomic E-state index is 0.129. The average molecular weight is 317 g/mol. The number of aromatic nitrogens is 2. The average Bonchev–Trinajstić information content (AvgIpc) is 2.88. The van der Waals surface area contributed by atoms with Crippen LogP contribution in [0.5, 0.6) is 0 Å². The van der Waals surface area contributed by atoms with Crippen LogP contribution in [0.1, 0.15) is 31.4 Å². The summed E-state index contributed by atoms with van der Waals surface area (Å²) in [6, 6.07) is 2.95. The second kappa shape index (κ2) is 5.82. The van der Waals surface area contributed by atoms with Crippen molar-refractivity contribution in [3.8, 4) is 0 Å². The lowest BCUT2D eigenvalue weighted by Crippen LogP contribution is -2.25. The number of pyridine rings is 1. The molecule has 2 aromatic heterocycles. The van der Waals surface area contributed by atoms with E-state index in [4.69, 9.17) is 5.73 Å². The molecule has 0 spiro atoms. The van der Waals surface area contributed by atoms with Gasteiger partial charge in [-0.1, -0.05) is 0 Å². The van der Waals surface area contributed by atoms with Crippen molar-refractivity contribution < 1.29 is 9.59 Å². The standard InChI is InChI=1S/C14H15N5O2S/c1-19-5-4-9-11(7-19)22-14(17-9)18-13(21)8-2-3-10(12(15)20)16-6-8/h2-3,6H,4-5,7H2,1H3,(H2,15,20)(H,17,18,21). The van der Waals surface area contributed by atoms with E-state index in [1.54, 1.807) is 0 Å². The summed E-state index contributed by atoms with van der Waals surface area (Å²) in [5.74, 6) is -0.924. The molecule has 7 nitrogen and oxygen atoms in total. The van der Waals surface area contributed by atoms with Crippen LogP contribution in [0.4, 0.5) is 5.13 Å². The van der Waals surface area contributed by atoms with Crippen molar-refractivity contribution in [2.45, 2.75) is 13.0 Å². The van der Waals surface area contributed by atoms with E-state index in [0.29, 0.717) is 10.7 Å². The molecule has 8 heteroatoms. The van der Waals surface area contributed by atoms with Gasteiger partial charge in [0.15, 0.2) is 5.13 Å². The lowest BCUT2D eigenvalue weighted by molar-refractivity contribution is 0.0990. The van der Waals surface area contributed by atoms with E-state index in [-0.39, 0.29) is 11.6 Å². The van der Waals surface area contributed by atoms with Gasteiger partial charge in [-0.2, -0.15) is 0 Å². The van der Waals surface area contributed by atoms with Crippen molar-refractivity contribution in [2.75, 3.05) is 18.9 Å². The second-order valence-corrected chi connectivity index (χ2v) is 6.21. The Morgan fingerprint density at radius 1 is 1.41 bits per heavy atom. The van der Waals surface area contributed by atoms with E-state index in [9.17, 15) is 9.59 Å². The molecule has 2 amide bonds. The third-order valence-corrected chi connectivity index (χ3v) is 4.42. The molecule has 0 aromatic carbocycles. The molecule has 1 aliphatic heterocycles. The first-order valence-electron chi connectivity index (χ1n) is 6.77. The molecule has 0 saturated heterocycles. The van der Waals surface area contributed by atoms with Crippen molar-refractivity contribution >= 4 is 28.3 Å². The van der Waals surface area contributed by atoms with Crippen molar-refractivity contribution in [2.24, 2.45) is 5.73 Å². The van der Waals surface area contributed by atoms with Crippen LogP contribution in [0, 0.1) is 0 Å². The molecule has 1 aliphatic rings. The highest BCUT2D eigenvalue weighted by molar-refractivity contribution is 7.15. The van der Waals surface area contributed by atoms with Crippen molar-refractivity contribution in [3.63, 3.8) is 0 Å². The van der Waals surface area contributed by atoms with Crippen molar-refractivity contribution in [1.29, 1.82) is 0 Å². The normalized spacial score (nSPS) is 14.4. The molecule has 0 atom stereocenters. The predicted molar refractivity (Wildman–Crippen MR) is 82.9 cm³/mol. The Morgan fingerprint density at radius 3 is 2.91 bits per heavy atom. The number of primary amides is 1. The number of nitrogens with zero attached hydrogens (tertiary/aromatic N) is 3. The summed E-state index contributed by atoms with van der Waals surface area (Å²) >= 11 is 1.49. The third kappa shape index (κ3) is 2.97. The number of hydrogen-bond donors (Lipinski definition) is 2. The Labute approximate surface area is 131 Å². The Balaban J connectivity index is 1.73. The number of rotatable bonds is 3. The van der Waals surface area contributed by atoms with Crippen LogP contribution >= 0.6 is 11.3 Å². The number of carbonyl (C=O) groups excluding carboxylic acids is 2. The minimum atomic E-state index is -0.622. The molecule has 3 rings (SSSR count). The summed E-state index contributed by atoms with van der Waals surface area (Å²) in [4.78, 5) is 34.8. The number of thiazole rings is 1. The van der Waals surface area contributed by atoms with Gasteiger partial charge in [0.2, 0.25) is 0 Å². The van der Waals surface area contributed by atoms with E-state index < -0.39 is 5.91 Å². The number of nitrogens with two attached hydrogens (primary N) is 1. The SMILES string of the molecule is CN1CCc2nc(NC(=O)c3ccc(C(N)=O)nc3)sc2C1. The fourth-order valence-electron chi connectivity index (χ4n) is 2.22. The van der Waals surface area contributed by atoms with Gasteiger partial charge >= 0.3 is 0 Å². The predicted octanol–water partition coefficient (Wildman–Crippen LogP) is 0.877. The van der Waals surface area contributed by atoms with Crippen molar-refractivity contribution in [1.82, 2.24) is 14.9 Å². The summed E-state index contributed by atoms with van der Waals surface area (Å²) in [5.41, 5.74) is 6.66. The van der Waals surface area contributed by atoms with Gasteiger partial charge in [-0.25, -0.2) is 4.98 Å². The van der Waals surface area contributed by atoms with Gasteiger partial charge in [0, 0.05) is 30.6 Å². The zero-order valence-electron chi connectivity index (χ0n) is 12.0. The van der Waals surface area contributed by atoms with E-state index in [1.807, 2.05) is 0 Å². The molecule has 3 N–H and O–H groups in total. The highest BCUT2D eigenvalue weighted by Gasteiger charge is 2.19. The van der Waals surface area contributed by atoms with Crippen molar-refractivity contribution in [3.05, 3.63) is 40.2 Å². The molecule has 0 bridgehead atoms. The second-order valence-electron chi connectivity index (χ2n) is 5.13. The Hall–Kier alpha value is -2.32. The number of hydrogen-bond acceptors (Lipinski definition) is 6. The smallest absolute Gasteiger partial charge is 0.267 e. The number of carbonyl (C=O) groups is 2. The quantitative estimate of drug-likeness (QED) is 0.875. The van der Waals surface area contributed by atoms with Gasteiger partial charge in [-0.15, -0.1) is 11.3 Å².